The molecule has 0 aliphatic heterocycles. The summed E-state index contributed by atoms with van der Waals surface area (Å²) in [6.45, 7) is 6.25. The van der Waals surface area contributed by atoms with E-state index in [1.807, 2.05) is 19.2 Å². The number of anilines is 1. The van der Waals surface area contributed by atoms with Crippen LogP contribution in [-0.4, -0.2) is 16.4 Å². The standard InChI is InChI=1S/C11H16BrClN2/c1-4-11(3,7-13)15-10-5-8(2)9(12)6-14-10/h5-6H,4,7H2,1-3H3,(H,14,15). The molecule has 0 radical (unpaired) electrons. The molecule has 0 aliphatic rings. The molecule has 2 nitrogen and oxygen atoms in total. The molecule has 0 saturated carbocycles. The number of halogens is 2. The number of hydrogen-bond donors (Lipinski definition) is 1. The highest BCUT2D eigenvalue weighted by molar-refractivity contribution is 9.10. The molecule has 84 valence electrons. The van der Waals surface area contributed by atoms with Crippen LogP contribution in [0.25, 0.3) is 0 Å². The zero-order valence-electron chi connectivity index (χ0n) is 9.27. The van der Waals surface area contributed by atoms with Crippen LogP contribution in [0.5, 0.6) is 0 Å². The van der Waals surface area contributed by atoms with Crippen LogP contribution in [0, 0.1) is 6.92 Å². The lowest BCUT2D eigenvalue weighted by molar-refractivity contribution is 0.551. The summed E-state index contributed by atoms with van der Waals surface area (Å²) in [4.78, 5) is 4.30. The molecule has 1 aromatic heterocycles. The maximum absolute atomic E-state index is 5.93. The quantitative estimate of drug-likeness (QED) is 0.849. The number of rotatable bonds is 4. The molecule has 1 atom stereocenters. The van der Waals surface area contributed by atoms with Crippen LogP contribution in [-0.2, 0) is 0 Å². The Morgan fingerprint density at radius 2 is 2.27 bits per heavy atom. The van der Waals surface area contributed by atoms with E-state index in [9.17, 15) is 0 Å². The van der Waals surface area contributed by atoms with Gasteiger partial charge in [0.25, 0.3) is 0 Å². The SMILES string of the molecule is CCC(C)(CCl)Nc1cc(C)c(Br)cn1. The maximum Gasteiger partial charge on any atom is 0.126 e. The highest BCUT2D eigenvalue weighted by Crippen LogP contribution is 2.22. The molecule has 4 heteroatoms. The third kappa shape index (κ3) is 3.35. The van der Waals surface area contributed by atoms with Gasteiger partial charge in [0.05, 0.1) is 0 Å². The number of aromatic nitrogens is 1. The van der Waals surface area contributed by atoms with Crippen molar-refractivity contribution in [3.05, 3.63) is 22.3 Å². The van der Waals surface area contributed by atoms with E-state index in [0.717, 1.165) is 16.7 Å². The highest BCUT2D eigenvalue weighted by atomic mass is 79.9. The van der Waals surface area contributed by atoms with Crippen LogP contribution < -0.4 is 5.32 Å². The van der Waals surface area contributed by atoms with Gasteiger partial charge in [-0.1, -0.05) is 6.92 Å². The molecule has 1 aromatic rings. The summed E-state index contributed by atoms with van der Waals surface area (Å²) < 4.78 is 1.03. The Morgan fingerprint density at radius 1 is 1.60 bits per heavy atom. The minimum Gasteiger partial charge on any atom is -0.364 e. The zero-order valence-corrected chi connectivity index (χ0v) is 11.6. The Labute approximate surface area is 105 Å². The van der Waals surface area contributed by atoms with Crippen molar-refractivity contribution in [3.63, 3.8) is 0 Å². The van der Waals surface area contributed by atoms with Gasteiger partial charge in [0.2, 0.25) is 0 Å². The molecule has 1 N–H and O–H groups in total. The lowest BCUT2D eigenvalue weighted by Crippen LogP contribution is -2.36. The molecule has 0 aliphatic carbocycles. The molecule has 0 bridgehead atoms. The van der Waals surface area contributed by atoms with Gasteiger partial charge in [-0.25, -0.2) is 4.98 Å². The first-order valence-electron chi connectivity index (χ1n) is 4.97. The zero-order chi connectivity index (χ0) is 11.5. The van der Waals surface area contributed by atoms with Crippen molar-refractivity contribution in [2.75, 3.05) is 11.2 Å². The van der Waals surface area contributed by atoms with E-state index in [1.165, 1.54) is 5.56 Å². The van der Waals surface area contributed by atoms with Crippen molar-refractivity contribution in [2.24, 2.45) is 0 Å². The summed E-state index contributed by atoms with van der Waals surface area (Å²) in [6.07, 6.45) is 2.77. The Balaban J connectivity index is 2.85. The average Bonchev–Trinajstić information content (AvgIpc) is 2.23. The fraction of sp³-hybridized carbons (Fsp3) is 0.545. The second kappa shape index (κ2) is 5.17. The van der Waals surface area contributed by atoms with Crippen molar-refractivity contribution >= 4 is 33.3 Å². The van der Waals surface area contributed by atoms with E-state index >= 15 is 0 Å². The van der Waals surface area contributed by atoms with Crippen LogP contribution in [0.3, 0.4) is 0 Å². The maximum atomic E-state index is 5.93. The molecule has 1 rings (SSSR count). The molecular weight excluding hydrogens is 275 g/mol. The van der Waals surface area contributed by atoms with Crippen LogP contribution in [0.2, 0.25) is 0 Å². The topological polar surface area (TPSA) is 24.9 Å². The van der Waals surface area contributed by atoms with Crippen molar-refractivity contribution < 1.29 is 0 Å². The molecule has 0 spiro atoms. The predicted molar refractivity (Wildman–Crippen MR) is 69.7 cm³/mol. The molecule has 0 amide bonds. The van der Waals surface area contributed by atoms with Crippen molar-refractivity contribution in [1.82, 2.24) is 4.98 Å². The Bertz CT molecular complexity index is 337. The molecule has 1 unspecified atom stereocenters. The summed E-state index contributed by atoms with van der Waals surface area (Å²) in [5.74, 6) is 1.45. The molecule has 15 heavy (non-hydrogen) atoms. The highest BCUT2D eigenvalue weighted by Gasteiger charge is 2.20. The van der Waals surface area contributed by atoms with Crippen molar-refractivity contribution in [2.45, 2.75) is 32.7 Å². The molecule has 0 fully saturated rings. The number of nitrogens with one attached hydrogen (secondary N) is 1. The Kier molecular flexibility index (Phi) is 4.41. The van der Waals surface area contributed by atoms with E-state index in [4.69, 9.17) is 11.6 Å². The second-order valence-corrected chi connectivity index (χ2v) is 5.11. The number of nitrogens with zero attached hydrogens (tertiary/aromatic N) is 1. The number of aryl methyl sites for hydroxylation is 1. The summed E-state index contributed by atoms with van der Waals surface area (Å²) in [6, 6.07) is 2.02. The molecule has 1 heterocycles. The third-order valence-electron chi connectivity index (χ3n) is 2.55. The summed E-state index contributed by atoms with van der Waals surface area (Å²) in [7, 11) is 0. The van der Waals surface area contributed by atoms with E-state index in [0.29, 0.717) is 5.88 Å². The third-order valence-corrected chi connectivity index (χ3v) is 3.97. The normalized spacial score (nSPS) is 14.7. The summed E-state index contributed by atoms with van der Waals surface area (Å²) in [5, 5.41) is 3.36. The second-order valence-electron chi connectivity index (χ2n) is 3.99. The molecule has 0 aromatic carbocycles. The summed E-state index contributed by atoms with van der Waals surface area (Å²) >= 11 is 9.36. The van der Waals surface area contributed by atoms with Crippen molar-refractivity contribution in [1.29, 1.82) is 0 Å². The van der Waals surface area contributed by atoms with Gasteiger partial charge < -0.3 is 5.32 Å². The largest absolute Gasteiger partial charge is 0.364 e. The number of pyridine rings is 1. The average molecular weight is 292 g/mol. The lowest BCUT2D eigenvalue weighted by Gasteiger charge is -2.27. The van der Waals surface area contributed by atoms with E-state index in [2.05, 4.69) is 40.1 Å². The van der Waals surface area contributed by atoms with Gasteiger partial charge >= 0.3 is 0 Å². The van der Waals surface area contributed by atoms with Gasteiger partial charge in [-0.2, -0.15) is 0 Å². The van der Waals surface area contributed by atoms with E-state index in [-0.39, 0.29) is 5.54 Å². The Hall–Kier alpha value is -0.280. The van der Waals surface area contributed by atoms with Gasteiger partial charge in [-0.05, 0) is 47.8 Å². The predicted octanol–water partition coefficient (Wildman–Crippen LogP) is 3.97. The number of hydrogen-bond acceptors (Lipinski definition) is 2. The van der Waals surface area contributed by atoms with E-state index < -0.39 is 0 Å². The van der Waals surface area contributed by atoms with Crippen LogP contribution in [0.15, 0.2) is 16.7 Å². The first kappa shape index (κ1) is 12.8. The first-order valence-corrected chi connectivity index (χ1v) is 6.30. The first-order chi connectivity index (χ1) is 7.00. The van der Waals surface area contributed by atoms with Gasteiger partial charge in [-0.3, -0.25) is 0 Å². The minimum atomic E-state index is -0.0885. The molecule has 0 saturated heterocycles. The summed E-state index contributed by atoms with van der Waals surface area (Å²) in [5.41, 5.74) is 1.08. The van der Waals surface area contributed by atoms with Crippen molar-refractivity contribution in [3.8, 4) is 0 Å². The van der Waals surface area contributed by atoms with Crippen LogP contribution in [0.1, 0.15) is 25.8 Å². The lowest BCUT2D eigenvalue weighted by atomic mass is 10.0. The fourth-order valence-corrected chi connectivity index (χ4v) is 1.61. The smallest absolute Gasteiger partial charge is 0.126 e. The van der Waals surface area contributed by atoms with Crippen LogP contribution >= 0.6 is 27.5 Å². The minimum absolute atomic E-state index is 0.0885. The van der Waals surface area contributed by atoms with Gasteiger partial charge in [0.15, 0.2) is 0 Å². The van der Waals surface area contributed by atoms with E-state index in [1.54, 1.807) is 0 Å². The van der Waals surface area contributed by atoms with Gasteiger partial charge in [0.1, 0.15) is 5.82 Å². The Morgan fingerprint density at radius 3 is 2.73 bits per heavy atom. The van der Waals surface area contributed by atoms with Gasteiger partial charge in [-0.15, -0.1) is 11.6 Å². The number of alkyl halides is 1. The van der Waals surface area contributed by atoms with Crippen LogP contribution in [0.4, 0.5) is 5.82 Å². The van der Waals surface area contributed by atoms with Gasteiger partial charge in [0, 0.05) is 22.1 Å². The fourth-order valence-electron chi connectivity index (χ4n) is 1.13. The monoisotopic (exact) mass is 290 g/mol. The molecular formula is C11H16BrClN2.